The molecule has 1 aromatic rings. The van der Waals surface area contributed by atoms with Gasteiger partial charge < -0.3 is 15.6 Å². The highest BCUT2D eigenvalue weighted by atomic mass is 32.2. The van der Waals surface area contributed by atoms with Crippen molar-refractivity contribution in [2.24, 2.45) is 5.73 Å². The van der Waals surface area contributed by atoms with Gasteiger partial charge in [-0.05, 0) is 45.6 Å². The Kier molecular flexibility index (Phi) is 5.17. The van der Waals surface area contributed by atoms with Crippen molar-refractivity contribution in [1.82, 2.24) is 14.8 Å². The van der Waals surface area contributed by atoms with Crippen LogP contribution in [0, 0.1) is 0 Å². The third-order valence-corrected chi connectivity index (χ3v) is 6.94. The molecular formula is C16H26N4O4S. The first-order chi connectivity index (χ1) is 11.8. The molecule has 25 heavy (non-hydrogen) atoms. The quantitative estimate of drug-likeness (QED) is 0.733. The number of carbonyl (C=O) groups excluding carboxylic acids is 1. The molecule has 1 saturated heterocycles. The summed E-state index contributed by atoms with van der Waals surface area (Å²) in [5.41, 5.74) is 5.24. The van der Waals surface area contributed by atoms with Crippen LogP contribution < -0.4 is 11.1 Å². The number of carbonyl (C=O) groups is 1. The predicted molar refractivity (Wildman–Crippen MR) is 92.6 cm³/mol. The predicted octanol–water partition coefficient (Wildman–Crippen LogP) is 0.815. The van der Waals surface area contributed by atoms with Gasteiger partial charge in [0.1, 0.15) is 5.76 Å². The fraction of sp³-hybridized carbons (Fsp3) is 0.750. The van der Waals surface area contributed by atoms with Crippen LogP contribution in [0.2, 0.25) is 0 Å². The Morgan fingerprint density at radius 1 is 1.44 bits per heavy atom. The SMILES string of the molecule is CC1(NC(=O)c2cc(C3CC3)on2)CCN(S(=O)(=O)CCCN)CC1. The molecule has 3 rings (SSSR count). The fourth-order valence-corrected chi connectivity index (χ4v) is 4.60. The Morgan fingerprint density at radius 2 is 2.12 bits per heavy atom. The van der Waals surface area contributed by atoms with Gasteiger partial charge in [0, 0.05) is 30.6 Å². The number of hydrogen-bond acceptors (Lipinski definition) is 6. The van der Waals surface area contributed by atoms with Crippen LogP contribution in [0.5, 0.6) is 0 Å². The first-order valence-electron chi connectivity index (χ1n) is 8.80. The van der Waals surface area contributed by atoms with Gasteiger partial charge in [-0.3, -0.25) is 4.79 Å². The zero-order chi connectivity index (χ0) is 18.1. The third kappa shape index (κ3) is 4.39. The Balaban J connectivity index is 1.55. The van der Waals surface area contributed by atoms with E-state index in [-0.39, 0.29) is 11.7 Å². The molecule has 140 valence electrons. The monoisotopic (exact) mass is 370 g/mol. The van der Waals surface area contributed by atoms with E-state index in [4.69, 9.17) is 10.3 Å². The average molecular weight is 370 g/mol. The summed E-state index contributed by atoms with van der Waals surface area (Å²) in [7, 11) is -3.26. The topological polar surface area (TPSA) is 119 Å². The van der Waals surface area contributed by atoms with Gasteiger partial charge >= 0.3 is 0 Å². The van der Waals surface area contributed by atoms with Crippen molar-refractivity contribution in [3.05, 3.63) is 17.5 Å². The summed E-state index contributed by atoms with van der Waals surface area (Å²) in [6.45, 7) is 3.10. The lowest BCUT2D eigenvalue weighted by Crippen LogP contribution is -2.54. The minimum absolute atomic E-state index is 0.0788. The number of piperidine rings is 1. The molecular weight excluding hydrogens is 344 g/mol. The van der Waals surface area contributed by atoms with Gasteiger partial charge in [0.2, 0.25) is 10.0 Å². The normalized spacial score (nSPS) is 21.2. The molecule has 0 unspecified atom stereocenters. The van der Waals surface area contributed by atoms with Gasteiger partial charge in [-0.15, -0.1) is 0 Å². The number of rotatable bonds is 7. The molecule has 3 N–H and O–H groups in total. The Morgan fingerprint density at radius 3 is 2.72 bits per heavy atom. The molecule has 2 aliphatic rings. The minimum atomic E-state index is -3.26. The molecule has 1 amide bonds. The molecule has 9 heteroatoms. The van der Waals surface area contributed by atoms with Gasteiger partial charge in [0.05, 0.1) is 5.75 Å². The molecule has 2 heterocycles. The minimum Gasteiger partial charge on any atom is -0.360 e. The molecule has 1 saturated carbocycles. The summed E-state index contributed by atoms with van der Waals surface area (Å²) in [4.78, 5) is 12.4. The number of aromatic nitrogens is 1. The van der Waals surface area contributed by atoms with E-state index in [1.165, 1.54) is 4.31 Å². The molecule has 1 aromatic heterocycles. The molecule has 8 nitrogen and oxygen atoms in total. The third-order valence-electron chi connectivity index (χ3n) is 4.98. The second kappa shape index (κ2) is 7.05. The van der Waals surface area contributed by atoms with Crippen LogP contribution in [0.15, 0.2) is 10.6 Å². The highest BCUT2D eigenvalue weighted by Crippen LogP contribution is 2.40. The molecule has 0 aromatic carbocycles. The summed E-state index contributed by atoms with van der Waals surface area (Å²) in [6.07, 6.45) is 3.76. The molecule has 0 atom stereocenters. The lowest BCUT2D eigenvalue weighted by Gasteiger charge is -2.39. The molecule has 0 radical (unpaired) electrons. The number of hydrogen-bond donors (Lipinski definition) is 2. The lowest BCUT2D eigenvalue weighted by molar-refractivity contribution is 0.0862. The molecule has 2 fully saturated rings. The van der Waals surface area contributed by atoms with Crippen LogP contribution >= 0.6 is 0 Å². The van der Waals surface area contributed by atoms with Crippen LogP contribution in [0.25, 0.3) is 0 Å². The van der Waals surface area contributed by atoms with Crippen molar-refractivity contribution in [3.63, 3.8) is 0 Å². The van der Waals surface area contributed by atoms with Crippen molar-refractivity contribution < 1.29 is 17.7 Å². The number of sulfonamides is 1. The first-order valence-corrected chi connectivity index (χ1v) is 10.4. The largest absolute Gasteiger partial charge is 0.360 e. The summed E-state index contributed by atoms with van der Waals surface area (Å²) in [5, 5.41) is 6.85. The number of nitrogens with one attached hydrogen (secondary N) is 1. The van der Waals surface area contributed by atoms with Gasteiger partial charge in [-0.25, -0.2) is 12.7 Å². The highest BCUT2D eigenvalue weighted by molar-refractivity contribution is 7.89. The van der Waals surface area contributed by atoms with Gasteiger partial charge in [0.25, 0.3) is 5.91 Å². The summed E-state index contributed by atoms with van der Waals surface area (Å²) in [6, 6.07) is 1.71. The lowest BCUT2D eigenvalue weighted by atomic mass is 9.90. The molecule has 1 aliphatic carbocycles. The molecule has 0 bridgehead atoms. The smallest absolute Gasteiger partial charge is 0.273 e. The van der Waals surface area contributed by atoms with E-state index >= 15 is 0 Å². The zero-order valence-corrected chi connectivity index (χ0v) is 15.3. The summed E-state index contributed by atoms with van der Waals surface area (Å²) < 4.78 is 31.2. The first kappa shape index (κ1) is 18.3. The fourth-order valence-electron chi connectivity index (χ4n) is 3.07. The second-order valence-corrected chi connectivity index (χ2v) is 9.35. The van der Waals surface area contributed by atoms with E-state index < -0.39 is 15.6 Å². The van der Waals surface area contributed by atoms with Crippen LogP contribution in [0.1, 0.15) is 61.2 Å². The molecule has 0 spiro atoms. The number of nitrogens with zero attached hydrogens (tertiary/aromatic N) is 2. The summed E-state index contributed by atoms with van der Waals surface area (Å²) >= 11 is 0. The second-order valence-electron chi connectivity index (χ2n) is 7.26. The van der Waals surface area contributed by atoms with Crippen LogP contribution in [-0.2, 0) is 10.0 Å². The van der Waals surface area contributed by atoms with E-state index in [1.54, 1.807) is 6.07 Å². The van der Waals surface area contributed by atoms with E-state index in [1.807, 2.05) is 6.92 Å². The van der Waals surface area contributed by atoms with E-state index in [0.29, 0.717) is 50.5 Å². The van der Waals surface area contributed by atoms with Gasteiger partial charge in [0.15, 0.2) is 5.69 Å². The average Bonchev–Trinajstić information content (AvgIpc) is 3.30. The zero-order valence-electron chi connectivity index (χ0n) is 14.5. The van der Waals surface area contributed by atoms with Crippen molar-refractivity contribution in [2.45, 2.75) is 50.5 Å². The Hall–Kier alpha value is -1.45. The Bertz CT molecular complexity index is 718. The maximum Gasteiger partial charge on any atom is 0.273 e. The van der Waals surface area contributed by atoms with E-state index in [9.17, 15) is 13.2 Å². The van der Waals surface area contributed by atoms with Crippen molar-refractivity contribution in [1.29, 1.82) is 0 Å². The number of nitrogens with two attached hydrogens (primary N) is 1. The van der Waals surface area contributed by atoms with Crippen LogP contribution in [0.3, 0.4) is 0 Å². The maximum absolute atomic E-state index is 12.4. The van der Waals surface area contributed by atoms with E-state index in [2.05, 4.69) is 10.5 Å². The van der Waals surface area contributed by atoms with Crippen LogP contribution in [-0.4, -0.2) is 54.7 Å². The standard InChI is InChI=1S/C16H26N4O4S/c1-16(5-8-20(9-6-16)25(22,23)10-2-7-17)18-15(21)13-11-14(24-19-13)12-3-4-12/h11-12H,2-10,17H2,1H3,(H,18,21). The molecule has 1 aliphatic heterocycles. The maximum atomic E-state index is 12.4. The van der Waals surface area contributed by atoms with Gasteiger partial charge in [-0.2, -0.15) is 0 Å². The van der Waals surface area contributed by atoms with Crippen molar-refractivity contribution >= 4 is 15.9 Å². The van der Waals surface area contributed by atoms with Crippen molar-refractivity contribution in [3.8, 4) is 0 Å². The summed E-state index contributed by atoms with van der Waals surface area (Å²) in [5.74, 6) is 0.996. The van der Waals surface area contributed by atoms with Crippen molar-refractivity contribution in [2.75, 3.05) is 25.4 Å². The van der Waals surface area contributed by atoms with Gasteiger partial charge in [-0.1, -0.05) is 5.16 Å². The highest BCUT2D eigenvalue weighted by Gasteiger charge is 2.36. The van der Waals surface area contributed by atoms with E-state index in [0.717, 1.165) is 18.6 Å². The Labute approximate surface area is 148 Å². The van der Waals surface area contributed by atoms with Crippen LogP contribution in [0.4, 0.5) is 0 Å². The number of amides is 1.